The zero-order valence-corrected chi connectivity index (χ0v) is 17.4. The van der Waals surface area contributed by atoms with Crippen molar-refractivity contribution in [2.45, 2.75) is 19.8 Å². The van der Waals surface area contributed by atoms with Gasteiger partial charge in [-0.05, 0) is 43.7 Å². The van der Waals surface area contributed by atoms with E-state index in [-0.39, 0.29) is 11.8 Å². The first-order chi connectivity index (χ1) is 14.5. The van der Waals surface area contributed by atoms with E-state index < -0.39 is 0 Å². The summed E-state index contributed by atoms with van der Waals surface area (Å²) >= 11 is 0. The zero-order valence-electron chi connectivity index (χ0n) is 17.4. The van der Waals surface area contributed by atoms with Crippen molar-refractivity contribution >= 4 is 17.4 Å². The summed E-state index contributed by atoms with van der Waals surface area (Å²) in [4.78, 5) is 13.4. The molecule has 1 aliphatic heterocycles. The zero-order chi connectivity index (χ0) is 21.3. The van der Waals surface area contributed by atoms with Gasteiger partial charge in [-0.1, -0.05) is 24.3 Å². The Balaban J connectivity index is 1.83. The van der Waals surface area contributed by atoms with Crippen LogP contribution in [-0.2, 0) is 4.79 Å². The Hall–Kier alpha value is -3.74. The number of aromatic amines is 1. The summed E-state index contributed by atoms with van der Waals surface area (Å²) in [6.45, 7) is 3.84. The molecular weight excluding hydrogens is 380 g/mol. The van der Waals surface area contributed by atoms with Crippen molar-refractivity contribution in [1.29, 1.82) is 0 Å². The first-order valence-electron chi connectivity index (χ1n) is 9.64. The van der Waals surface area contributed by atoms with Gasteiger partial charge in [-0.2, -0.15) is 5.10 Å². The van der Waals surface area contributed by atoms with Crippen molar-refractivity contribution in [1.82, 2.24) is 10.2 Å². The number of ether oxygens (including phenoxy) is 2. The van der Waals surface area contributed by atoms with E-state index in [9.17, 15) is 4.79 Å². The number of para-hydroxylation sites is 1. The average molecular weight is 404 g/mol. The molecule has 1 aliphatic rings. The predicted octanol–water partition coefficient (Wildman–Crippen LogP) is 4.21. The van der Waals surface area contributed by atoms with Crippen molar-refractivity contribution in [3.63, 3.8) is 0 Å². The second-order valence-corrected chi connectivity index (χ2v) is 7.14. The highest BCUT2D eigenvalue weighted by Gasteiger charge is 2.35. The van der Waals surface area contributed by atoms with Crippen LogP contribution in [0.3, 0.4) is 0 Å². The van der Waals surface area contributed by atoms with Crippen LogP contribution >= 0.6 is 0 Å². The third-order valence-electron chi connectivity index (χ3n) is 5.30. The molecule has 0 saturated heterocycles. The molecule has 0 bridgehead atoms. The van der Waals surface area contributed by atoms with Gasteiger partial charge in [0.15, 0.2) is 17.3 Å². The number of allylic oxidation sites excluding steroid dienone is 1. The van der Waals surface area contributed by atoms with Crippen LogP contribution in [0, 0.1) is 6.92 Å². The van der Waals surface area contributed by atoms with Gasteiger partial charge in [0.2, 0.25) is 0 Å². The smallest absolute Gasteiger partial charge is 0.254 e. The number of benzene rings is 2. The van der Waals surface area contributed by atoms with Gasteiger partial charge in [-0.3, -0.25) is 9.89 Å². The van der Waals surface area contributed by atoms with Crippen molar-refractivity contribution < 1.29 is 14.3 Å². The molecule has 2 aromatic carbocycles. The van der Waals surface area contributed by atoms with E-state index in [0.717, 1.165) is 34.0 Å². The Morgan fingerprint density at radius 1 is 1.03 bits per heavy atom. The van der Waals surface area contributed by atoms with Gasteiger partial charge in [0.1, 0.15) is 0 Å². The van der Waals surface area contributed by atoms with Crippen molar-refractivity contribution in [2.24, 2.45) is 0 Å². The molecule has 0 radical (unpaired) electrons. The molecule has 0 unspecified atom stereocenters. The number of nitrogens with one attached hydrogen (secondary N) is 3. The summed E-state index contributed by atoms with van der Waals surface area (Å²) in [5.41, 5.74) is 4.87. The van der Waals surface area contributed by atoms with Crippen LogP contribution in [0.15, 0.2) is 59.8 Å². The fourth-order valence-corrected chi connectivity index (χ4v) is 3.88. The minimum atomic E-state index is -0.316. The number of anilines is 2. The Morgan fingerprint density at radius 2 is 1.77 bits per heavy atom. The largest absolute Gasteiger partial charge is 0.493 e. The summed E-state index contributed by atoms with van der Waals surface area (Å²) in [6, 6.07) is 15.1. The maximum atomic E-state index is 13.4. The molecule has 7 nitrogen and oxygen atoms in total. The van der Waals surface area contributed by atoms with Gasteiger partial charge in [-0.15, -0.1) is 0 Å². The number of hydrogen-bond acceptors (Lipinski definition) is 5. The number of rotatable bonds is 5. The molecule has 3 aromatic rings. The lowest BCUT2D eigenvalue weighted by Crippen LogP contribution is -2.27. The number of carbonyl (C=O) groups excluding carboxylic acids is 1. The third kappa shape index (κ3) is 3.39. The van der Waals surface area contributed by atoms with Crippen LogP contribution in [0.5, 0.6) is 11.5 Å². The summed E-state index contributed by atoms with van der Waals surface area (Å²) in [5, 5.41) is 13.7. The minimum absolute atomic E-state index is 0.169. The van der Waals surface area contributed by atoms with Crippen LogP contribution in [-0.4, -0.2) is 30.3 Å². The topological polar surface area (TPSA) is 88.3 Å². The Kier molecular flexibility index (Phi) is 5.18. The third-order valence-corrected chi connectivity index (χ3v) is 5.30. The Morgan fingerprint density at radius 3 is 2.47 bits per heavy atom. The molecule has 0 aliphatic carbocycles. The maximum Gasteiger partial charge on any atom is 0.254 e. The number of fused-ring (bicyclic) bond motifs is 1. The fourth-order valence-electron chi connectivity index (χ4n) is 3.88. The molecule has 1 atom stereocenters. The average Bonchev–Trinajstić information content (AvgIpc) is 3.12. The molecule has 0 saturated carbocycles. The lowest BCUT2D eigenvalue weighted by atomic mass is 9.81. The van der Waals surface area contributed by atoms with Gasteiger partial charge in [0.05, 0.1) is 14.2 Å². The molecular formula is C23H24N4O3. The van der Waals surface area contributed by atoms with Crippen LogP contribution in [0.1, 0.15) is 29.7 Å². The van der Waals surface area contributed by atoms with Crippen molar-refractivity contribution in [3.8, 4) is 11.5 Å². The SMILES string of the molecule is COc1ccc([C@@H]2C(C(=O)Nc3ccccc3)=C(C)Nc3n[nH]c(C)c32)cc1OC. The van der Waals surface area contributed by atoms with Crippen molar-refractivity contribution in [2.75, 3.05) is 24.9 Å². The van der Waals surface area contributed by atoms with Crippen molar-refractivity contribution in [3.05, 3.63) is 76.6 Å². The molecule has 0 fully saturated rings. The number of hydrogen-bond donors (Lipinski definition) is 3. The lowest BCUT2D eigenvalue weighted by Gasteiger charge is -2.28. The number of H-pyrrole nitrogens is 1. The first kappa shape index (κ1) is 19.6. The highest BCUT2D eigenvalue weighted by atomic mass is 16.5. The minimum Gasteiger partial charge on any atom is -0.493 e. The fraction of sp³-hybridized carbons (Fsp3) is 0.217. The molecule has 30 heavy (non-hydrogen) atoms. The van der Waals surface area contributed by atoms with E-state index in [4.69, 9.17) is 9.47 Å². The molecule has 3 N–H and O–H groups in total. The number of methoxy groups -OCH3 is 2. The monoisotopic (exact) mass is 404 g/mol. The molecule has 7 heteroatoms. The van der Waals surface area contributed by atoms with Crippen LogP contribution in [0.4, 0.5) is 11.5 Å². The van der Waals surface area contributed by atoms with Gasteiger partial charge in [-0.25, -0.2) is 0 Å². The summed E-state index contributed by atoms with van der Waals surface area (Å²) in [7, 11) is 3.20. The van der Waals surface area contributed by atoms with E-state index in [1.807, 2.05) is 62.4 Å². The highest BCUT2D eigenvalue weighted by molar-refractivity contribution is 6.07. The molecule has 154 valence electrons. The molecule has 0 spiro atoms. The number of aryl methyl sites for hydroxylation is 1. The van der Waals surface area contributed by atoms with Gasteiger partial charge < -0.3 is 20.1 Å². The summed E-state index contributed by atoms with van der Waals surface area (Å²) < 4.78 is 10.9. The molecule has 2 heterocycles. The number of carbonyl (C=O) groups is 1. The normalized spacial score (nSPS) is 15.3. The van der Waals surface area contributed by atoms with E-state index >= 15 is 0 Å². The van der Waals surface area contributed by atoms with E-state index in [1.54, 1.807) is 14.2 Å². The van der Waals surface area contributed by atoms with E-state index in [0.29, 0.717) is 17.1 Å². The van der Waals surface area contributed by atoms with Crippen LogP contribution in [0.2, 0.25) is 0 Å². The number of aromatic nitrogens is 2. The van der Waals surface area contributed by atoms with Gasteiger partial charge in [0.25, 0.3) is 5.91 Å². The maximum absolute atomic E-state index is 13.4. The van der Waals surface area contributed by atoms with E-state index in [1.165, 1.54) is 0 Å². The molecule has 4 rings (SSSR count). The Bertz CT molecular complexity index is 1120. The van der Waals surface area contributed by atoms with Crippen LogP contribution in [0.25, 0.3) is 0 Å². The number of nitrogens with zero attached hydrogens (tertiary/aromatic N) is 1. The lowest BCUT2D eigenvalue weighted by molar-refractivity contribution is -0.113. The molecule has 1 aromatic heterocycles. The Labute approximate surface area is 175 Å². The number of amides is 1. The highest BCUT2D eigenvalue weighted by Crippen LogP contribution is 2.44. The van der Waals surface area contributed by atoms with Gasteiger partial charge in [0, 0.05) is 34.1 Å². The van der Waals surface area contributed by atoms with Crippen LogP contribution < -0.4 is 20.1 Å². The summed E-state index contributed by atoms with van der Waals surface area (Å²) in [6.07, 6.45) is 0. The summed E-state index contributed by atoms with van der Waals surface area (Å²) in [5.74, 6) is 1.48. The molecule has 1 amide bonds. The predicted molar refractivity (Wildman–Crippen MR) is 116 cm³/mol. The van der Waals surface area contributed by atoms with E-state index in [2.05, 4.69) is 20.8 Å². The second kappa shape index (κ2) is 7.94. The quantitative estimate of drug-likeness (QED) is 0.593. The standard InChI is InChI=1S/C23H24N4O3/c1-13-20(23(28)25-16-8-6-5-7-9-16)21(19-14(2)26-27-22(19)24-13)15-10-11-17(29-3)18(12-15)30-4/h5-12,21H,1-4H3,(H,25,28)(H2,24,26,27)/t21-/m0/s1. The second-order valence-electron chi connectivity index (χ2n) is 7.14. The first-order valence-corrected chi connectivity index (χ1v) is 9.64. The van der Waals surface area contributed by atoms with Gasteiger partial charge >= 0.3 is 0 Å².